The SMILES string of the molecule is Cc1ccc(NC(=O)C[C@]2(NC(=O)Nc3ccc(C)cc3)C(=O)N(CC=O)c3ccccc32)cc1. The lowest BCUT2D eigenvalue weighted by molar-refractivity contribution is -0.128. The minimum Gasteiger partial charge on any atom is -0.326 e. The third-order valence-electron chi connectivity index (χ3n) is 5.92. The smallest absolute Gasteiger partial charge is 0.320 e. The van der Waals surface area contributed by atoms with Gasteiger partial charge in [0.15, 0.2) is 5.54 Å². The molecule has 178 valence electrons. The van der Waals surface area contributed by atoms with Gasteiger partial charge in [0.1, 0.15) is 6.29 Å². The highest BCUT2D eigenvalue weighted by Gasteiger charge is 2.53. The van der Waals surface area contributed by atoms with E-state index in [9.17, 15) is 19.2 Å². The first-order valence-corrected chi connectivity index (χ1v) is 11.2. The van der Waals surface area contributed by atoms with Crippen LogP contribution in [0.25, 0.3) is 0 Å². The van der Waals surface area contributed by atoms with Crippen LogP contribution in [0, 0.1) is 13.8 Å². The Balaban J connectivity index is 1.67. The van der Waals surface area contributed by atoms with Gasteiger partial charge >= 0.3 is 6.03 Å². The van der Waals surface area contributed by atoms with E-state index in [1.54, 1.807) is 48.5 Å². The molecule has 4 rings (SSSR count). The monoisotopic (exact) mass is 470 g/mol. The number of aldehydes is 1. The van der Waals surface area contributed by atoms with Gasteiger partial charge in [0.05, 0.1) is 18.7 Å². The molecule has 1 aliphatic heterocycles. The summed E-state index contributed by atoms with van der Waals surface area (Å²) < 4.78 is 0. The Labute approximate surface area is 203 Å². The fourth-order valence-corrected chi connectivity index (χ4v) is 4.19. The number of hydrogen-bond donors (Lipinski definition) is 3. The number of rotatable bonds is 7. The number of hydrogen-bond acceptors (Lipinski definition) is 4. The average molecular weight is 471 g/mol. The zero-order chi connectivity index (χ0) is 25.0. The molecule has 1 atom stereocenters. The van der Waals surface area contributed by atoms with E-state index in [-0.39, 0.29) is 13.0 Å². The molecule has 0 saturated carbocycles. The number of nitrogens with zero attached hydrogens (tertiary/aromatic N) is 1. The van der Waals surface area contributed by atoms with Gasteiger partial charge in [0.25, 0.3) is 5.91 Å². The molecule has 0 radical (unpaired) electrons. The summed E-state index contributed by atoms with van der Waals surface area (Å²) in [5, 5.41) is 8.28. The number of amides is 4. The number of para-hydroxylation sites is 1. The quantitative estimate of drug-likeness (QED) is 0.455. The summed E-state index contributed by atoms with van der Waals surface area (Å²) in [5.41, 5.74) is 2.42. The van der Waals surface area contributed by atoms with Crippen molar-refractivity contribution in [1.29, 1.82) is 0 Å². The zero-order valence-electron chi connectivity index (χ0n) is 19.5. The fraction of sp³-hybridized carbons (Fsp3) is 0.185. The first-order valence-electron chi connectivity index (χ1n) is 11.2. The average Bonchev–Trinajstić information content (AvgIpc) is 3.05. The molecule has 0 spiro atoms. The molecular weight excluding hydrogens is 444 g/mol. The second kappa shape index (κ2) is 9.80. The topological polar surface area (TPSA) is 108 Å². The van der Waals surface area contributed by atoms with Crippen molar-refractivity contribution >= 4 is 41.2 Å². The molecule has 3 N–H and O–H groups in total. The number of nitrogens with one attached hydrogen (secondary N) is 3. The molecule has 1 heterocycles. The minimum atomic E-state index is -1.69. The molecule has 0 aromatic heterocycles. The number of urea groups is 1. The molecule has 0 fully saturated rings. The lowest BCUT2D eigenvalue weighted by atomic mass is 9.87. The Kier molecular flexibility index (Phi) is 6.64. The maximum absolute atomic E-state index is 13.7. The summed E-state index contributed by atoms with van der Waals surface area (Å²) in [4.78, 5) is 52.5. The number of benzene rings is 3. The summed E-state index contributed by atoms with van der Waals surface area (Å²) in [6.45, 7) is 3.67. The maximum atomic E-state index is 13.7. The highest BCUT2D eigenvalue weighted by molar-refractivity contribution is 6.13. The lowest BCUT2D eigenvalue weighted by Crippen LogP contribution is -2.56. The van der Waals surface area contributed by atoms with Crippen LogP contribution in [0.4, 0.5) is 21.9 Å². The molecular formula is C27H26N4O4. The van der Waals surface area contributed by atoms with E-state index in [2.05, 4.69) is 16.0 Å². The van der Waals surface area contributed by atoms with E-state index in [0.29, 0.717) is 28.9 Å². The lowest BCUT2D eigenvalue weighted by Gasteiger charge is -2.29. The first kappa shape index (κ1) is 23.7. The van der Waals surface area contributed by atoms with Crippen molar-refractivity contribution < 1.29 is 19.2 Å². The van der Waals surface area contributed by atoms with Crippen LogP contribution in [-0.2, 0) is 19.9 Å². The molecule has 35 heavy (non-hydrogen) atoms. The Hall–Kier alpha value is -4.46. The van der Waals surface area contributed by atoms with Gasteiger partial charge in [-0.3, -0.25) is 9.59 Å². The Morgan fingerprint density at radius 2 is 1.43 bits per heavy atom. The van der Waals surface area contributed by atoms with Crippen molar-refractivity contribution in [3.63, 3.8) is 0 Å². The molecule has 8 heteroatoms. The van der Waals surface area contributed by atoms with Gasteiger partial charge in [-0.25, -0.2) is 4.79 Å². The Morgan fingerprint density at radius 1 is 0.857 bits per heavy atom. The van der Waals surface area contributed by atoms with Crippen LogP contribution in [0.5, 0.6) is 0 Å². The second-order valence-electron chi connectivity index (χ2n) is 8.54. The zero-order valence-corrected chi connectivity index (χ0v) is 19.5. The Morgan fingerprint density at radius 3 is 2.03 bits per heavy atom. The number of carbonyl (C=O) groups is 4. The third-order valence-corrected chi connectivity index (χ3v) is 5.92. The van der Waals surface area contributed by atoms with Crippen LogP contribution in [0.3, 0.4) is 0 Å². The van der Waals surface area contributed by atoms with Crippen LogP contribution in [0.2, 0.25) is 0 Å². The van der Waals surface area contributed by atoms with Gasteiger partial charge in [-0.15, -0.1) is 0 Å². The molecule has 0 aliphatic carbocycles. The standard InChI is InChI=1S/C27H26N4O4/c1-18-7-11-20(12-8-18)28-24(33)17-27(30-26(35)29-21-13-9-19(2)10-14-21)22-5-3-4-6-23(22)31(15-16-32)25(27)34/h3-14,16H,15,17H2,1-2H3,(H,28,33)(H2,29,30,35)/t27-/m1/s1. The van der Waals surface area contributed by atoms with Gasteiger partial charge in [0.2, 0.25) is 5.91 Å². The normalized spacial score (nSPS) is 16.4. The molecule has 3 aromatic carbocycles. The van der Waals surface area contributed by atoms with E-state index >= 15 is 0 Å². The summed E-state index contributed by atoms with van der Waals surface area (Å²) in [5.74, 6) is -1.01. The third kappa shape index (κ3) is 4.91. The van der Waals surface area contributed by atoms with Gasteiger partial charge in [-0.1, -0.05) is 53.6 Å². The largest absolute Gasteiger partial charge is 0.326 e. The minimum absolute atomic E-state index is 0.196. The van der Waals surface area contributed by atoms with Crippen LogP contribution in [0.1, 0.15) is 23.1 Å². The van der Waals surface area contributed by atoms with Crippen molar-refractivity contribution in [3.8, 4) is 0 Å². The second-order valence-corrected chi connectivity index (χ2v) is 8.54. The summed E-state index contributed by atoms with van der Waals surface area (Å²) in [6.07, 6.45) is 0.261. The van der Waals surface area contributed by atoms with Crippen LogP contribution < -0.4 is 20.9 Å². The highest BCUT2D eigenvalue weighted by atomic mass is 16.2. The van der Waals surface area contributed by atoms with Gasteiger partial charge < -0.3 is 25.6 Å². The molecule has 0 unspecified atom stereocenters. The van der Waals surface area contributed by atoms with Crippen LogP contribution >= 0.6 is 0 Å². The number of anilines is 3. The van der Waals surface area contributed by atoms with Gasteiger partial charge in [-0.2, -0.15) is 0 Å². The van der Waals surface area contributed by atoms with Crippen LogP contribution in [-0.4, -0.2) is 30.7 Å². The molecule has 3 aromatic rings. The van der Waals surface area contributed by atoms with Crippen LogP contribution in [0.15, 0.2) is 72.8 Å². The van der Waals surface area contributed by atoms with Gasteiger partial charge in [0, 0.05) is 16.9 Å². The predicted molar refractivity (Wildman–Crippen MR) is 134 cm³/mol. The summed E-state index contributed by atoms with van der Waals surface area (Å²) in [7, 11) is 0. The van der Waals surface area contributed by atoms with Crippen molar-refractivity contribution in [2.45, 2.75) is 25.8 Å². The number of carbonyl (C=O) groups excluding carboxylic acids is 4. The van der Waals surface area contributed by atoms with Crippen molar-refractivity contribution in [1.82, 2.24) is 5.32 Å². The summed E-state index contributed by atoms with van der Waals surface area (Å²) >= 11 is 0. The van der Waals surface area contributed by atoms with Gasteiger partial charge in [-0.05, 0) is 44.2 Å². The Bertz CT molecular complexity index is 1210. The first-order chi connectivity index (χ1) is 16.8. The van der Waals surface area contributed by atoms with E-state index in [1.807, 2.05) is 38.1 Å². The molecule has 1 aliphatic rings. The van der Waals surface area contributed by atoms with Crippen molar-refractivity contribution in [2.24, 2.45) is 0 Å². The number of aryl methyl sites for hydroxylation is 2. The van der Waals surface area contributed by atoms with Crippen molar-refractivity contribution in [3.05, 3.63) is 89.5 Å². The molecule has 8 nitrogen and oxygen atoms in total. The predicted octanol–water partition coefficient (Wildman–Crippen LogP) is 3.89. The fourth-order valence-electron chi connectivity index (χ4n) is 4.19. The molecule has 0 saturated heterocycles. The number of fused-ring (bicyclic) bond motifs is 1. The summed E-state index contributed by atoms with van der Waals surface area (Å²) in [6, 6.07) is 20.6. The van der Waals surface area contributed by atoms with E-state index in [4.69, 9.17) is 0 Å². The molecule has 0 bridgehead atoms. The maximum Gasteiger partial charge on any atom is 0.320 e. The molecule has 4 amide bonds. The van der Waals surface area contributed by atoms with E-state index < -0.39 is 23.4 Å². The van der Waals surface area contributed by atoms with Crippen molar-refractivity contribution in [2.75, 3.05) is 22.1 Å². The highest BCUT2D eigenvalue weighted by Crippen LogP contribution is 2.42. The van der Waals surface area contributed by atoms with E-state index in [1.165, 1.54) is 4.90 Å². The van der Waals surface area contributed by atoms with E-state index in [0.717, 1.165) is 11.1 Å².